The summed E-state index contributed by atoms with van der Waals surface area (Å²) in [5, 5.41) is 13.0. The summed E-state index contributed by atoms with van der Waals surface area (Å²) in [5.74, 6) is 0.913. The second-order valence-corrected chi connectivity index (χ2v) is 8.05. The molecule has 2 aromatic carbocycles. The molecule has 2 aliphatic carbocycles. The monoisotopic (exact) mass is 349 g/mol. The Morgan fingerprint density at radius 1 is 1.08 bits per heavy atom. The molecule has 4 rings (SSSR count). The van der Waals surface area contributed by atoms with Gasteiger partial charge in [-0.2, -0.15) is 0 Å². The Hall–Kier alpha value is -2.13. The molecule has 1 fully saturated rings. The number of rotatable bonds is 6. The molecule has 1 amide bonds. The van der Waals surface area contributed by atoms with Gasteiger partial charge >= 0.3 is 0 Å². The number of nitrogens with one attached hydrogen (secondary N) is 1. The minimum atomic E-state index is -0.170. The Bertz CT molecular complexity index is 773. The van der Waals surface area contributed by atoms with Gasteiger partial charge in [-0.3, -0.25) is 4.79 Å². The van der Waals surface area contributed by atoms with E-state index in [-0.39, 0.29) is 17.9 Å². The van der Waals surface area contributed by atoms with Gasteiger partial charge in [0.15, 0.2) is 0 Å². The molecule has 0 radical (unpaired) electrons. The fraction of sp³-hybridized carbons (Fsp3) is 0.435. The van der Waals surface area contributed by atoms with Crippen molar-refractivity contribution in [2.75, 3.05) is 13.2 Å². The van der Waals surface area contributed by atoms with E-state index in [4.69, 9.17) is 0 Å². The second-order valence-electron chi connectivity index (χ2n) is 8.05. The lowest BCUT2D eigenvalue weighted by Crippen LogP contribution is -2.34. The molecule has 3 atom stereocenters. The molecule has 3 nitrogen and oxygen atoms in total. The number of aryl methyl sites for hydroxylation is 1. The molecular formula is C23H27NO2. The molecule has 0 aliphatic heterocycles. The molecule has 3 heteroatoms. The van der Waals surface area contributed by atoms with Gasteiger partial charge in [0.05, 0.1) is 6.61 Å². The Balaban J connectivity index is 1.29. The molecule has 0 aromatic heterocycles. The van der Waals surface area contributed by atoms with Gasteiger partial charge in [-0.1, -0.05) is 54.6 Å². The van der Waals surface area contributed by atoms with Crippen molar-refractivity contribution in [3.63, 3.8) is 0 Å². The number of benzene rings is 2. The zero-order valence-electron chi connectivity index (χ0n) is 15.2. The van der Waals surface area contributed by atoms with Crippen LogP contribution in [0.2, 0.25) is 0 Å². The van der Waals surface area contributed by atoms with E-state index in [0.717, 1.165) is 25.7 Å². The number of hydrogen-bond donors (Lipinski definition) is 2. The maximum atomic E-state index is 12.5. The summed E-state index contributed by atoms with van der Waals surface area (Å²) in [7, 11) is 0. The first-order valence-electron chi connectivity index (χ1n) is 9.69. The topological polar surface area (TPSA) is 49.3 Å². The molecule has 0 bridgehead atoms. The number of aliphatic hydroxyl groups is 1. The van der Waals surface area contributed by atoms with Crippen LogP contribution in [0.15, 0.2) is 54.6 Å². The van der Waals surface area contributed by atoms with E-state index in [1.54, 1.807) is 0 Å². The van der Waals surface area contributed by atoms with Gasteiger partial charge in [0, 0.05) is 18.4 Å². The fourth-order valence-corrected chi connectivity index (χ4v) is 4.49. The Morgan fingerprint density at radius 3 is 2.58 bits per heavy atom. The van der Waals surface area contributed by atoms with Crippen molar-refractivity contribution >= 4 is 5.91 Å². The Kier molecular flexibility index (Phi) is 4.82. The zero-order valence-corrected chi connectivity index (χ0v) is 15.2. The first-order chi connectivity index (χ1) is 12.7. The highest BCUT2D eigenvalue weighted by molar-refractivity contribution is 5.76. The summed E-state index contributed by atoms with van der Waals surface area (Å²) in [4.78, 5) is 12.5. The maximum Gasteiger partial charge on any atom is 0.220 e. The third kappa shape index (κ3) is 3.54. The number of aliphatic hydroxyl groups excluding tert-OH is 1. The molecule has 1 unspecified atom stereocenters. The van der Waals surface area contributed by atoms with Crippen molar-refractivity contribution < 1.29 is 9.90 Å². The van der Waals surface area contributed by atoms with E-state index in [1.165, 1.54) is 16.7 Å². The van der Waals surface area contributed by atoms with Gasteiger partial charge in [-0.05, 0) is 54.2 Å². The van der Waals surface area contributed by atoms with E-state index in [2.05, 4.69) is 41.7 Å². The van der Waals surface area contributed by atoms with Crippen molar-refractivity contribution in [3.8, 4) is 0 Å². The molecule has 1 saturated carbocycles. The normalized spacial score (nSPS) is 26.8. The minimum Gasteiger partial charge on any atom is -0.396 e. The molecule has 0 spiro atoms. The van der Waals surface area contributed by atoms with Gasteiger partial charge in [0.25, 0.3) is 0 Å². The summed E-state index contributed by atoms with van der Waals surface area (Å²) < 4.78 is 0. The number of fused-ring (bicyclic) bond motifs is 1. The van der Waals surface area contributed by atoms with Crippen LogP contribution in [0.1, 0.15) is 41.9 Å². The molecular weight excluding hydrogens is 322 g/mol. The summed E-state index contributed by atoms with van der Waals surface area (Å²) in [6.07, 6.45) is 4.70. The quantitative estimate of drug-likeness (QED) is 0.839. The number of carbonyl (C=O) groups excluding carboxylic acids is 1. The first kappa shape index (κ1) is 17.3. The van der Waals surface area contributed by atoms with Crippen LogP contribution < -0.4 is 5.32 Å². The molecule has 2 N–H and O–H groups in total. The maximum absolute atomic E-state index is 12.5. The summed E-state index contributed by atoms with van der Waals surface area (Å²) in [6, 6.07) is 18.9. The van der Waals surface area contributed by atoms with Gasteiger partial charge in [0.1, 0.15) is 0 Å². The van der Waals surface area contributed by atoms with Gasteiger partial charge < -0.3 is 10.4 Å². The van der Waals surface area contributed by atoms with Crippen LogP contribution in [0, 0.1) is 11.3 Å². The van der Waals surface area contributed by atoms with Crippen molar-refractivity contribution in [3.05, 3.63) is 71.3 Å². The van der Waals surface area contributed by atoms with Crippen LogP contribution in [0.5, 0.6) is 0 Å². The highest BCUT2D eigenvalue weighted by Crippen LogP contribution is 2.58. The number of carbonyl (C=O) groups is 1. The fourth-order valence-electron chi connectivity index (χ4n) is 4.49. The van der Waals surface area contributed by atoms with Gasteiger partial charge in [0.2, 0.25) is 5.91 Å². The highest BCUT2D eigenvalue weighted by atomic mass is 16.3. The lowest BCUT2D eigenvalue weighted by Gasteiger charge is -2.24. The smallest absolute Gasteiger partial charge is 0.220 e. The third-order valence-electron chi connectivity index (χ3n) is 6.27. The average Bonchev–Trinajstić information content (AvgIpc) is 3.42. The average molecular weight is 349 g/mol. The summed E-state index contributed by atoms with van der Waals surface area (Å²) in [6.45, 7) is 0.703. The Labute approximate surface area is 155 Å². The van der Waals surface area contributed by atoms with E-state index < -0.39 is 0 Å². The van der Waals surface area contributed by atoms with Crippen LogP contribution in [0.25, 0.3) is 0 Å². The predicted octanol–water partition coefficient (Wildman–Crippen LogP) is 3.46. The number of amides is 1. The van der Waals surface area contributed by atoms with Crippen LogP contribution in [-0.2, 0) is 17.6 Å². The lowest BCUT2D eigenvalue weighted by atomic mass is 9.82. The standard InChI is InChI=1S/C23H27NO2/c25-16-23(14-21(23)19-7-2-1-3-8-19)15-24-22(26)13-17-10-11-18-6-4-5-9-20(18)12-17/h1-9,17,21,25H,10-16H2,(H,24,26)/t17?,21-,23-/m0/s1. The molecule has 0 heterocycles. The van der Waals surface area contributed by atoms with Crippen LogP contribution in [0.4, 0.5) is 0 Å². The largest absolute Gasteiger partial charge is 0.396 e. The van der Waals surface area contributed by atoms with Crippen LogP contribution in [-0.4, -0.2) is 24.2 Å². The third-order valence-corrected chi connectivity index (χ3v) is 6.27. The van der Waals surface area contributed by atoms with E-state index >= 15 is 0 Å². The van der Waals surface area contributed by atoms with E-state index in [0.29, 0.717) is 24.8 Å². The van der Waals surface area contributed by atoms with Gasteiger partial charge in [-0.25, -0.2) is 0 Å². The SMILES string of the molecule is O=C(CC1CCc2ccccc2C1)NC[C@]1(CO)C[C@H]1c1ccccc1. The molecule has 2 aromatic rings. The second kappa shape index (κ2) is 7.24. The Morgan fingerprint density at radius 2 is 1.81 bits per heavy atom. The summed E-state index contributed by atoms with van der Waals surface area (Å²) >= 11 is 0. The predicted molar refractivity (Wildman–Crippen MR) is 103 cm³/mol. The number of hydrogen-bond acceptors (Lipinski definition) is 2. The van der Waals surface area contributed by atoms with Crippen molar-refractivity contribution in [2.45, 2.75) is 38.0 Å². The van der Waals surface area contributed by atoms with Crippen LogP contribution in [0.3, 0.4) is 0 Å². The van der Waals surface area contributed by atoms with E-state index in [9.17, 15) is 9.90 Å². The molecule has 0 saturated heterocycles. The highest BCUT2D eigenvalue weighted by Gasteiger charge is 2.54. The molecule has 2 aliphatic rings. The van der Waals surface area contributed by atoms with Crippen molar-refractivity contribution in [1.82, 2.24) is 5.32 Å². The zero-order chi connectivity index (χ0) is 18.0. The minimum absolute atomic E-state index is 0.126. The summed E-state index contributed by atoms with van der Waals surface area (Å²) in [5.41, 5.74) is 3.93. The van der Waals surface area contributed by atoms with E-state index in [1.807, 2.05) is 18.2 Å². The van der Waals surface area contributed by atoms with Crippen molar-refractivity contribution in [1.29, 1.82) is 0 Å². The first-order valence-corrected chi connectivity index (χ1v) is 9.69. The molecule has 136 valence electrons. The lowest BCUT2D eigenvalue weighted by molar-refractivity contribution is -0.122. The van der Waals surface area contributed by atoms with Gasteiger partial charge in [-0.15, -0.1) is 0 Å². The van der Waals surface area contributed by atoms with Crippen LogP contribution >= 0.6 is 0 Å². The molecule has 26 heavy (non-hydrogen) atoms. The van der Waals surface area contributed by atoms with Crippen molar-refractivity contribution in [2.24, 2.45) is 11.3 Å².